The van der Waals surface area contributed by atoms with E-state index >= 15 is 0 Å². The van der Waals surface area contributed by atoms with Crippen molar-refractivity contribution in [3.8, 4) is 17.1 Å². The normalized spacial score (nSPS) is 11.2. The summed E-state index contributed by atoms with van der Waals surface area (Å²) in [6, 6.07) is 13.0. The van der Waals surface area contributed by atoms with Gasteiger partial charge in [-0.3, -0.25) is 4.79 Å². The number of phenols is 1. The molecule has 0 unspecified atom stereocenters. The number of aromatic nitrogens is 2. The van der Waals surface area contributed by atoms with Gasteiger partial charge in [0.15, 0.2) is 5.82 Å². The van der Waals surface area contributed by atoms with Crippen LogP contribution >= 0.6 is 0 Å². The van der Waals surface area contributed by atoms with Crippen molar-refractivity contribution < 1.29 is 18.3 Å². The molecule has 3 N–H and O–H groups in total. The molecule has 0 aliphatic carbocycles. The first-order valence-electron chi connectivity index (χ1n) is 8.81. The number of anilines is 1. The summed E-state index contributed by atoms with van der Waals surface area (Å²) in [5.74, 6) is 0.362. The molecule has 29 heavy (non-hydrogen) atoms. The van der Waals surface area contributed by atoms with E-state index in [1.165, 1.54) is 31.6 Å². The van der Waals surface area contributed by atoms with E-state index in [0.29, 0.717) is 23.5 Å². The maximum Gasteiger partial charge on any atom is 0.240 e. The molecule has 3 rings (SSSR count). The van der Waals surface area contributed by atoms with Crippen LogP contribution in [-0.2, 0) is 21.2 Å². The highest BCUT2D eigenvalue weighted by atomic mass is 32.2. The Hall–Kier alpha value is -3.30. The molecule has 3 aromatic rings. The summed E-state index contributed by atoms with van der Waals surface area (Å²) in [5.41, 5.74) is 1.99. The van der Waals surface area contributed by atoms with E-state index in [0.717, 1.165) is 5.56 Å². The molecule has 8 nitrogen and oxygen atoms in total. The molecule has 0 saturated carbocycles. The molecular formula is C20H20N4O4S. The third-order valence-corrected chi connectivity index (χ3v) is 5.61. The highest BCUT2D eigenvalue weighted by Gasteiger charge is 2.11. The van der Waals surface area contributed by atoms with Gasteiger partial charge in [0.2, 0.25) is 15.9 Å². The number of hydrogen-bond donors (Lipinski definition) is 3. The fourth-order valence-electron chi connectivity index (χ4n) is 2.62. The minimum atomic E-state index is -3.47. The zero-order valence-electron chi connectivity index (χ0n) is 15.7. The molecule has 9 heteroatoms. The van der Waals surface area contributed by atoms with Gasteiger partial charge in [-0.15, -0.1) is 0 Å². The van der Waals surface area contributed by atoms with Gasteiger partial charge in [-0.2, -0.15) is 0 Å². The van der Waals surface area contributed by atoms with Gasteiger partial charge in [0.25, 0.3) is 0 Å². The second-order valence-corrected chi connectivity index (χ2v) is 8.13. The first kappa shape index (κ1) is 20.4. The Balaban J connectivity index is 1.55. The van der Waals surface area contributed by atoms with Gasteiger partial charge in [-0.25, -0.2) is 23.1 Å². The van der Waals surface area contributed by atoms with Crippen LogP contribution < -0.4 is 10.0 Å². The number of rotatable bonds is 7. The van der Waals surface area contributed by atoms with Crippen molar-refractivity contribution in [3.05, 3.63) is 66.5 Å². The number of nitrogens with one attached hydrogen (secondary N) is 2. The van der Waals surface area contributed by atoms with E-state index in [4.69, 9.17) is 0 Å². The van der Waals surface area contributed by atoms with E-state index in [9.17, 15) is 18.3 Å². The Kier molecular flexibility index (Phi) is 6.20. The molecule has 1 heterocycles. The molecule has 0 atom stereocenters. The topological polar surface area (TPSA) is 121 Å². The quantitative estimate of drug-likeness (QED) is 0.548. The summed E-state index contributed by atoms with van der Waals surface area (Å²) in [6.45, 7) is 0. The third kappa shape index (κ3) is 5.37. The van der Waals surface area contributed by atoms with E-state index in [1.807, 2.05) is 0 Å². The van der Waals surface area contributed by atoms with Crippen LogP contribution in [0.4, 0.5) is 5.69 Å². The van der Waals surface area contributed by atoms with Crippen LogP contribution in [0.25, 0.3) is 11.4 Å². The van der Waals surface area contributed by atoms with Crippen molar-refractivity contribution in [1.29, 1.82) is 0 Å². The molecule has 150 valence electrons. The molecule has 0 spiro atoms. The molecule has 0 saturated heterocycles. The standard InChI is InChI=1S/C20H20N4O4S/c1-21-29(27,28)18-8-5-14(6-9-18)7-10-19(26)24-16-12-22-20(23-13-16)15-3-2-4-17(25)11-15/h2-6,8-9,11-13,21,25H,7,10H2,1H3,(H,24,26). The summed E-state index contributed by atoms with van der Waals surface area (Å²) < 4.78 is 25.7. The van der Waals surface area contributed by atoms with Crippen molar-refractivity contribution in [3.63, 3.8) is 0 Å². The number of phenolic OH excluding ortho intramolecular Hbond substituents is 1. The highest BCUT2D eigenvalue weighted by Crippen LogP contribution is 2.20. The van der Waals surface area contributed by atoms with Gasteiger partial charge in [-0.05, 0) is 43.3 Å². The molecule has 1 amide bonds. The van der Waals surface area contributed by atoms with Gasteiger partial charge < -0.3 is 10.4 Å². The zero-order chi connectivity index (χ0) is 20.9. The molecule has 0 radical (unpaired) electrons. The number of aromatic hydroxyl groups is 1. The zero-order valence-corrected chi connectivity index (χ0v) is 16.5. The second kappa shape index (κ2) is 8.80. The summed E-state index contributed by atoms with van der Waals surface area (Å²) in [6.07, 6.45) is 3.70. The highest BCUT2D eigenvalue weighted by molar-refractivity contribution is 7.89. The lowest BCUT2D eigenvalue weighted by molar-refractivity contribution is -0.116. The lowest BCUT2D eigenvalue weighted by Gasteiger charge is -2.07. The van der Waals surface area contributed by atoms with Crippen molar-refractivity contribution in [2.45, 2.75) is 17.7 Å². The predicted molar refractivity (Wildman–Crippen MR) is 109 cm³/mol. The summed E-state index contributed by atoms with van der Waals surface area (Å²) in [5, 5.41) is 12.3. The van der Waals surface area contributed by atoms with E-state index in [-0.39, 0.29) is 23.0 Å². The minimum Gasteiger partial charge on any atom is -0.508 e. The van der Waals surface area contributed by atoms with Crippen molar-refractivity contribution >= 4 is 21.6 Å². The van der Waals surface area contributed by atoms with Crippen LogP contribution in [0.1, 0.15) is 12.0 Å². The average Bonchev–Trinajstić information content (AvgIpc) is 2.73. The van der Waals surface area contributed by atoms with Crippen LogP contribution in [0.15, 0.2) is 65.8 Å². The first-order chi connectivity index (χ1) is 13.9. The van der Waals surface area contributed by atoms with Gasteiger partial charge in [0, 0.05) is 12.0 Å². The largest absolute Gasteiger partial charge is 0.508 e. The SMILES string of the molecule is CNS(=O)(=O)c1ccc(CCC(=O)Nc2cnc(-c3cccc(O)c3)nc2)cc1. The monoisotopic (exact) mass is 412 g/mol. The van der Waals surface area contributed by atoms with Crippen LogP contribution in [0, 0.1) is 0 Å². The summed E-state index contributed by atoms with van der Waals surface area (Å²) >= 11 is 0. The predicted octanol–water partition coefficient (Wildman–Crippen LogP) is 2.33. The smallest absolute Gasteiger partial charge is 0.240 e. The minimum absolute atomic E-state index is 0.125. The number of carbonyl (C=O) groups excluding carboxylic acids is 1. The number of carbonyl (C=O) groups is 1. The third-order valence-electron chi connectivity index (χ3n) is 4.18. The molecule has 1 aromatic heterocycles. The van der Waals surface area contributed by atoms with Crippen LogP contribution in [0.3, 0.4) is 0 Å². The van der Waals surface area contributed by atoms with Gasteiger partial charge >= 0.3 is 0 Å². The van der Waals surface area contributed by atoms with Crippen LogP contribution in [-0.4, -0.2) is 36.4 Å². The molecular weight excluding hydrogens is 392 g/mol. The van der Waals surface area contributed by atoms with E-state index in [2.05, 4.69) is 20.0 Å². The maximum atomic E-state index is 12.2. The molecule has 0 aliphatic rings. The van der Waals surface area contributed by atoms with Crippen LogP contribution in [0.5, 0.6) is 5.75 Å². The second-order valence-electron chi connectivity index (χ2n) is 6.25. The fraction of sp³-hybridized carbons (Fsp3) is 0.150. The number of benzene rings is 2. The van der Waals surface area contributed by atoms with Crippen molar-refractivity contribution in [2.75, 3.05) is 12.4 Å². The van der Waals surface area contributed by atoms with Gasteiger partial charge in [-0.1, -0.05) is 24.3 Å². The van der Waals surface area contributed by atoms with Crippen molar-refractivity contribution in [2.24, 2.45) is 0 Å². The Morgan fingerprint density at radius 2 is 1.76 bits per heavy atom. The van der Waals surface area contributed by atoms with Gasteiger partial charge in [0.1, 0.15) is 5.75 Å². The number of sulfonamides is 1. The lowest BCUT2D eigenvalue weighted by atomic mass is 10.1. The summed E-state index contributed by atoms with van der Waals surface area (Å²) in [7, 11) is -2.12. The number of hydrogen-bond acceptors (Lipinski definition) is 6. The Morgan fingerprint density at radius 1 is 1.07 bits per heavy atom. The molecule has 0 fully saturated rings. The number of aryl methyl sites for hydroxylation is 1. The van der Waals surface area contributed by atoms with Gasteiger partial charge in [0.05, 0.1) is 23.0 Å². The summed E-state index contributed by atoms with van der Waals surface area (Å²) in [4.78, 5) is 20.7. The fourth-order valence-corrected chi connectivity index (χ4v) is 3.35. The Morgan fingerprint density at radius 3 is 2.38 bits per heavy atom. The Labute approximate surface area is 168 Å². The number of amides is 1. The average molecular weight is 412 g/mol. The molecule has 0 bridgehead atoms. The Bertz CT molecular complexity index is 1100. The van der Waals surface area contributed by atoms with Crippen molar-refractivity contribution in [1.82, 2.24) is 14.7 Å². The maximum absolute atomic E-state index is 12.2. The lowest BCUT2D eigenvalue weighted by Crippen LogP contribution is -2.18. The molecule has 2 aromatic carbocycles. The van der Waals surface area contributed by atoms with Crippen LogP contribution in [0.2, 0.25) is 0 Å². The number of nitrogens with zero attached hydrogens (tertiary/aromatic N) is 2. The van der Waals surface area contributed by atoms with E-state index < -0.39 is 10.0 Å². The van der Waals surface area contributed by atoms with E-state index in [1.54, 1.807) is 36.4 Å². The first-order valence-corrected chi connectivity index (χ1v) is 10.3. The molecule has 0 aliphatic heterocycles.